The second kappa shape index (κ2) is 7.26. The molecule has 0 atom stereocenters. The summed E-state index contributed by atoms with van der Waals surface area (Å²) in [4.78, 5) is 12.0. The standard InChI is InChI=1S/C17H19N3O2/c1-3-22-16-9-7-13(8-10-16)17(21)20-19-12(2)14-5-4-6-15(18)11-14/h4-11H,3,18H2,1-2H3,(H,20,21)/b19-12-. The highest BCUT2D eigenvalue weighted by molar-refractivity contribution is 6.01. The van der Waals surface area contributed by atoms with Gasteiger partial charge in [-0.15, -0.1) is 0 Å². The Balaban J connectivity index is 2.03. The summed E-state index contributed by atoms with van der Waals surface area (Å²) in [6.07, 6.45) is 0. The van der Waals surface area contributed by atoms with Gasteiger partial charge in [0.15, 0.2) is 0 Å². The van der Waals surface area contributed by atoms with Crippen LogP contribution in [0.25, 0.3) is 0 Å². The van der Waals surface area contributed by atoms with Gasteiger partial charge in [0.25, 0.3) is 5.91 Å². The van der Waals surface area contributed by atoms with Crippen molar-refractivity contribution in [1.82, 2.24) is 5.43 Å². The van der Waals surface area contributed by atoms with Crippen molar-refractivity contribution in [2.75, 3.05) is 12.3 Å². The molecule has 114 valence electrons. The first-order chi connectivity index (χ1) is 10.6. The molecule has 0 aliphatic rings. The van der Waals surface area contributed by atoms with E-state index in [2.05, 4.69) is 10.5 Å². The lowest BCUT2D eigenvalue weighted by Crippen LogP contribution is -2.19. The van der Waals surface area contributed by atoms with E-state index < -0.39 is 0 Å². The van der Waals surface area contributed by atoms with E-state index in [1.165, 1.54) is 0 Å². The maximum Gasteiger partial charge on any atom is 0.271 e. The smallest absolute Gasteiger partial charge is 0.271 e. The lowest BCUT2D eigenvalue weighted by Gasteiger charge is -2.05. The zero-order chi connectivity index (χ0) is 15.9. The molecule has 3 N–H and O–H groups in total. The molecule has 2 aromatic rings. The molecular weight excluding hydrogens is 278 g/mol. The number of carbonyl (C=O) groups excluding carboxylic acids is 1. The average molecular weight is 297 g/mol. The van der Waals surface area contributed by atoms with Crippen LogP contribution >= 0.6 is 0 Å². The van der Waals surface area contributed by atoms with Crippen LogP contribution in [0.1, 0.15) is 29.8 Å². The molecule has 0 spiro atoms. The van der Waals surface area contributed by atoms with Crippen molar-refractivity contribution in [3.05, 3.63) is 59.7 Å². The van der Waals surface area contributed by atoms with E-state index in [9.17, 15) is 4.79 Å². The van der Waals surface area contributed by atoms with Crippen molar-refractivity contribution >= 4 is 17.3 Å². The normalized spacial score (nSPS) is 11.1. The minimum absolute atomic E-state index is 0.272. The van der Waals surface area contributed by atoms with Crippen LogP contribution in [0.5, 0.6) is 5.75 Å². The second-order valence-electron chi connectivity index (χ2n) is 4.72. The third-order valence-corrected chi connectivity index (χ3v) is 3.06. The number of nitrogen functional groups attached to an aromatic ring is 1. The first-order valence-electron chi connectivity index (χ1n) is 7.03. The number of amides is 1. The number of hydrogen-bond acceptors (Lipinski definition) is 4. The van der Waals surface area contributed by atoms with Crippen molar-refractivity contribution < 1.29 is 9.53 Å². The molecule has 0 saturated carbocycles. The van der Waals surface area contributed by atoms with E-state index >= 15 is 0 Å². The van der Waals surface area contributed by atoms with Gasteiger partial charge in [-0.25, -0.2) is 5.43 Å². The Labute approximate surface area is 129 Å². The molecule has 0 aliphatic heterocycles. The summed E-state index contributed by atoms with van der Waals surface area (Å²) in [6.45, 7) is 4.32. The Bertz CT molecular complexity index is 679. The van der Waals surface area contributed by atoms with Gasteiger partial charge in [-0.05, 0) is 55.8 Å². The van der Waals surface area contributed by atoms with E-state index in [4.69, 9.17) is 10.5 Å². The van der Waals surface area contributed by atoms with Crippen LogP contribution in [-0.4, -0.2) is 18.2 Å². The third kappa shape index (κ3) is 4.09. The largest absolute Gasteiger partial charge is 0.494 e. The molecule has 0 aromatic heterocycles. The van der Waals surface area contributed by atoms with Crippen LogP contribution in [0, 0.1) is 0 Å². The molecular formula is C17H19N3O2. The lowest BCUT2D eigenvalue weighted by atomic mass is 10.1. The van der Waals surface area contributed by atoms with E-state index in [0.29, 0.717) is 23.6 Å². The van der Waals surface area contributed by atoms with Gasteiger partial charge in [-0.2, -0.15) is 5.10 Å². The molecule has 0 radical (unpaired) electrons. The molecule has 0 aliphatic carbocycles. The van der Waals surface area contributed by atoms with Crippen molar-refractivity contribution in [2.24, 2.45) is 5.10 Å². The van der Waals surface area contributed by atoms with Crippen LogP contribution in [0.2, 0.25) is 0 Å². The Kier molecular flexibility index (Phi) is 5.14. The first-order valence-corrected chi connectivity index (χ1v) is 7.03. The highest BCUT2D eigenvalue weighted by Crippen LogP contribution is 2.12. The van der Waals surface area contributed by atoms with Crippen LogP contribution in [0.15, 0.2) is 53.6 Å². The number of nitrogens with one attached hydrogen (secondary N) is 1. The first kappa shape index (κ1) is 15.6. The van der Waals surface area contributed by atoms with Gasteiger partial charge >= 0.3 is 0 Å². The summed E-state index contributed by atoms with van der Waals surface area (Å²) >= 11 is 0. The van der Waals surface area contributed by atoms with Crippen LogP contribution in [0.3, 0.4) is 0 Å². The lowest BCUT2D eigenvalue weighted by molar-refractivity contribution is 0.0955. The van der Waals surface area contributed by atoms with Crippen molar-refractivity contribution in [3.63, 3.8) is 0 Å². The zero-order valence-corrected chi connectivity index (χ0v) is 12.7. The Hall–Kier alpha value is -2.82. The summed E-state index contributed by atoms with van der Waals surface area (Å²) in [6, 6.07) is 14.3. The van der Waals surface area contributed by atoms with Gasteiger partial charge in [0.1, 0.15) is 5.75 Å². The van der Waals surface area contributed by atoms with Crippen LogP contribution < -0.4 is 15.9 Å². The van der Waals surface area contributed by atoms with Crippen LogP contribution in [0.4, 0.5) is 5.69 Å². The third-order valence-electron chi connectivity index (χ3n) is 3.06. The number of hydrazone groups is 1. The molecule has 0 bridgehead atoms. The molecule has 5 heteroatoms. The molecule has 0 fully saturated rings. The summed E-state index contributed by atoms with van der Waals surface area (Å²) in [5, 5.41) is 4.10. The van der Waals surface area contributed by atoms with Gasteiger partial charge < -0.3 is 10.5 Å². The summed E-state index contributed by atoms with van der Waals surface area (Å²) in [7, 11) is 0. The Morgan fingerprint density at radius 2 is 1.91 bits per heavy atom. The molecule has 2 rings (SSSR count). The number of nitrogens with zero attached hydrogens (tertiary/aromatic N) is 1. The fourth-order valence-electron chi connectivity index (χ4n) is 1.90. The van der Waals surface area contributed by atoms with Gasteiger partial charge in [0.2, 0.25) is 0 Å². The van der Waals surface area contributed by atoms with Crippen molar-refractivity contribution in [2.45, 2.75) is 13.8 Å². The summed E-state index contributed by atoms with van der Waals surface area (Å²) in [5.41, 5.74) is 11.0. The zero-order valence-electron chi connectivity index (χ0n) is 12.7. The number of carbonyl (C=O) groups is 1. The molecule has 5 nitrogen and oxygen atoms in total. The number of rotatable bonds is 5. The molecule has 22 heavy (non-hydrogen) atoms. The number of benzene rings is 2. The highest BCUT2D eigenvalue weighted by Gasteiger charge is 2.05. The fourth-order valence-corrected chi connectivity index (χ4v) is 1.90. The molecule has 2 aromatic carbocycles. The van der Waals surface area contributed by atoms with Gasteiger partial charge in [0, 0.05) is 11.3 Å². The van der Waals surface area contributed by atoms with Crippen LogP contribution in [-0.2, 0) is 0 Å². The monoisotopic (exact) mass is 297 g/mol. The van der Waals surface area contributed by atoms with E-state index in [1.807, 2.05) is 32.0 Å². The Morgan fingerprint density at radius 3 is 2.55 bits per heavy atom. The number of anilines is 1. The van der Waals surface area contributed by atoms with E-state index in [0.717, 1.165) is 11.3 Å². The van der Waals surface area contributed by atoms with Crippen molar-refractivity contribution in [3.8, 4) is 5.75 Å². The fraction of sp³-hybridized carbons (Fsp3) is 0.176. The highest BCUT2D eigenvalue weighted by atomic mass is 16.5. The Morgan fingerprint density at radius 1 is 1.18 bits per heavy atom. The number of ether oxygens (including phenoxy) is 1. The predicted octanol–water partition coefficient (Wildman–Crippen LogP) is 2.82. The SMILES string of the molecule is CCOc1ccc(C(=O)N/N=C(/C)c2cccc(N)c2)cc1. The van der Waals surface area contributed by atoms with E-state index in [1.54, 1.807) is 30.3 Å². The number of hydrogen-bond donors (Lipinski definition) is 2. The van der Waals surface area contributed by atoms with Gasteiger partial charge in [-0.3, -0.25) is 4.79 Å². The predicted molar refractivity (Wildman–Crippen MR) is 88.1 cm³/mol. The topological polar surface area (TPSA) is 76.7 Å². The van der Waals surface area contributed by atoms with Crippen molar-refractivity contribution in [1.29, 1.82) is 0 Å². The van der Waals surface area contributed by atoms with Gasteiger partial charge in [-0.1, -0.05) is 12.1 Å². The molecule has 0 heterocycles. The summed E-state index contributed by atoms with van der Waals surface area (Å²) < 4.78 is 5.34. The molecule has 0 saturated heterocycles. The molecule has 0 unspecified atom stereocenters. The van der Waals surface area contributed by atoms with E-state index in [-0.39, 0.29) is 5.91 Å². The number of nitrogens with two attached hydrogens (primary N) is 1. The van der Waals surface area contributed by atoms with Gasteiger partial charge in [0.05, 0.1) is 12.3 Å². The molecule has 1 amide bonds. The minimum Gasteiger partial charge on any atom is -0.494 e. The maximum absolute atomic E-state index is 12.0. The average Bonchev–Trinajstić information content (AvgIpc) is 2.53. The maximum atomic E-state index is 12.0. The minimum atomic E-state index is -0.272. The quantitative estimate of drug-likeness (QED) is 0.506. The summed E-state index contributed by atoms with van der Waals surface area (Å²) in [5.74, 6) is 0.463. The second-order valence-corrected chi connectivity index (χ2v) is 4.72.